The van der Waals surface area contributed by atoms with Crippen LogP contribution in [0.3, 0.4) is 0 Å². The van der Waals surface area contributed by atoms with Gasteiger partial charge in [-0.15, -0.1) is 0 Å². The van der Waals surface area contributed by atoms with Crippen LogP contribution in [0.25, 0.3) is 0 Å². The lowest BCUT2D eigenvalue weighted by molar-refractivity contribution is -0.122. The molecule has 0 saturated carbocycles. The quantitative estimate of drug-likeness (QED) is 0.824. The zero-order valence-electron chi connectivity index (χ0n) is 10.6. The molecule has 2 rings (SSSR count). The average Bonchev–Trinajstić information content (AvgIpc) is 2.46. The van der Waals surface area contributed by atoms with Crippen LogP contribution in [-0.4, -0.2) is 31.8 Å². The molecule has 4 heteroatoms. The van der Waals surface area contributed by atoms with Gasteiger partial charge in [-0.25, -0.2) is 0 Å². The van der Waals surface area contributed by atoms with Gasteiger partial charge in [0, 0.05) is 24.8 Å². The number of amides is 1. The summed E-state index contributed by atoms with van der Waals surface area (Å²) in [7, 11) is 1.67. The fourth-order valence-corrected chi connectivity index (χ4v) is 2.42. The molecular formula is C14H18N2O2. The Morgan fingerprint density at radius 3 is 2.67 bits per heavy atom. The van der Waals surface area contributed by atoms with Gasteiger partial charge >= 0.3 is 0 Å². The molecule has 4 nitrogen and oxygen atoms in total. The first-order valence-electron chi connectivity index (χ1n) is 6.29. The lowest BCUT2D eigenvalue weighted by Gasteiger charge is -2.36. The van der Waals surface area contributed by atoms with E-state index in [0.29, 0.717) is 5.56 Å². The minimum atomic E-state index is -0.0918. The Labute approximate surface area is 107 Å². The van der Waals surface area contributed by atoms with Gasteiger partial charge in [-0.05, 0) is 43.5 Å². The first-order chi connectivity index (χ1) is 8.76. The van der Waals surface area contributed by atoms with Crippen molar-refractivity contribution in [3.8, 4) is 0 Å². The van der Waals surface area contributed by atoms with Crippen molar-refractivity contribution in [2.75, 3.05) is 18.5 Å². The van der Waals surface area contributed by atoms with Crippen molar-refractivity contribution in [3.05, 3.63) is 29.8 Å². The molecule has 96 valence electrons. The van der Waals surface area contributed by atoms with E-state index in [-0.39, 0.29) is 11.9 Å². The second-order valence-electron chi connectivity index (χ2n) is 4.53. The van der Waals surface area contributed by atoms with Crippen LogP contribution in [0.5, 0.6) is 0 Å². The summed E-state index contributed by atoms with van der Waals surface area (Å²) >= 11 is 0. The molecule has 1 unspecified atom stereocenters. The fourth-order valence-electron chi connectivity index (χ4n) is 2.42. The molecule has 1 aliphatic rings. The number of nitrogens with one attached hydrogen (secondary N) is 1. The molecule has 18 heavy (non-hydrogen) atoms. The van der Waals surface area contributed by atoms with Crippen LogP contribution in [0.1, 0.15) is 29.6 Å². The Balaban J connectivity index is 2.21. The molecule has 1 N–H and O–H groups in total. The molecule has 1 saturated heterocycles. The van der Waals surface area contributed by atoms with Crippen molar-refractivity contribution in [3.63, 3.8) is 0 Å². The lowest BCUT2D eigenvalue weighted by Crippen LogP contribution is -2.48. The van der Waals surface area contributed by atoms with Crippen LogP contribution >= 0.6 is 0 Å². The third kappa shape index (κ3) is 2.53. The zero-order chi connectivity index (χ0) is 13.0. The van der Waals surface area contributed by atoms with E-state index in [2.05, 4.69) is 10.2 Å². The number of carbonyl (C=O) groups excluding carboxylic acids is 2. The third-order valence-electron chi connectivity index (χ3n) is 3.41. The predicted molar refractivity (Wildman–Crippen MR) is 70.9 cm³/mol. The highest BCUT2D eigenvalue weighted by Gasteiger charge is 2.27. The summed E-state index contributed by atoms with van der Waals surface area (Å²) < 4.78 is 0. The number of nitrogens with zero attached hydrogens (tertiary/aromatic N) is 1. The molecule has 1 amide bonds. The van der Waals surface area contributed by atoms with E-state index in [4.69, 9.17) is 0 Å². The molecule has 1 heterocycles. The summed E-state index contributed by atoms with van der Waals surface area (Å²) in [6, 6.07) is 7.30. The van der Waals surface area contributed by atoms with E-state index in [0.717, 1.165) is 37.8 Å². The minimum absolute atomic E-state index is 0.0640. The summed E-state index contributed by atoms with van der Waals surface area (Å²) in [6.07, 6.45) is 3.90. The number of benzene rings is 1. The number of piperidine rings is 1. The first kappa shape index (κ1) is 12.6. The average molecular weight is 246 g/mol. The van der Waals surface area contributed by atoms with Gasteiger partial charge in [-0.3, -0.25) is 9.59 Å². The molecular weight excluding hydrogens is 228 g/mol. The summed E-state index contributed by atoms with van der Waals surface area (Å²) in [6.45, 7) is 0.887. The molecule has 0 aromatic heterocycles. The number of hydrogen-bond donors (Lipinski definition) is 1. The molecule has 1 fully saturated rings. The van der Waals surface area contributed by atoms with Crippen LogP contribution in [0.4, 0.5) is 5.69 Å². The van der Waals surface area contributed by atoms with E-state index in [9.17, 15) is 9.59 Å². The molecule has 1 aromatic rings. The van der Waals surface area contributed by atoms with Gasteiger partial charge in [0.2, 0.25) is 5.91 Å². The number of hydrogen-bond acceptors (Lipinski definition) is 3. The van der Waals surface area contributed by atoms with Crippen molar-refractivity contribution in [2.45, 2.75) is 25.3 Å². The number of carbonyl (C=O) groups is 2. The van der Waals surface area contributed by atoms with Crippen molar-refractivity contribution < 1.29 is 9.59 Å². The SMILES string of the molecule is CNC(=O)C1CCCCN1c1ccc(C=O)cc1. The van der Waals surface area contributed by atoms with Gasteiger partial charge in [0.15, 0.2) is 0 Å². The van der Waals surface area contributed by atoms with Crippen LogP contribution in [-0.2, 0) is 4.79 Å². The first-order valence-corrected chi connectivity index (χ1v) is 6.29. The van der Waals surface area contributed by atoms with Gasteiger partial charge in [0.1, 0.15) is 12.3 Å². The normalized spacial score (nSPS) is 19.4. The van der Waals surface area contributed by atoms with Crippen LogP contribution in [0.2, 0.25) is 0 Å². The topological polar surface area (TPSA) is 49.4 Å². The molecule has 0 radical (unpaired) electrons. The highest BCUT2D eigenvalue weighted by atomic mass is 16.2. The molecule has 0 spiro atoms. The molecule has 1 aliphatic heterocycles. The Hall–Kier alpha value is -1.84. The van der Waals surface area contributed by atoms with Gasteiger partial charge in [0.25, 0.3) is 0 Å². The summed E-state index contributed by atoms with van der Waals surface area (Å²) in [4.78, 5) is 24.6. The highest BCUT2D eigenvalue weighted by Crippen LogP contribution is 2.25. The maximum absolute atomic E-state index is 11.9. The van der Waals surface area contributed by atoms with Crippen molar-refractivity contribution in [1.82, 2.24) is 5.32 Å². The van der Waals surface area contributed by atoms with E-state index in [1.54, 1.807) is 19.2 Å². The Bertz CT molecular complexity index is 428. The number of aldehydes is 1. The molecule has 1 atom stereocenters. The smallest absolute Gasteiger partial charge is 0.242 e. The summed E-state index contributed by atoms with van der Waals surface area (Å²) in [5.74, 6) is 0.0640. The van der Waals surface area contributed by atoms with Crippen LogP contribution in [0.15, 0.2) is 24.3 Å². The standard InChI is InChI=1S/C14H18N2O2/c1-15-14(18)13-4-2-3-9-16(13)12-7-5-11(10-17)6-8-12/h5-8,10,13H,2-4,9H2,1H3,(H,15,18). The van der Waals surface area contributed by atoms with Gasteiger partial charge in [-0.1, -0.05) is 0 Å². The van der Waals surface area contributed by atoms with Gasteiger partial charge in [0.05, 0.1) is 0 Å². The predicted octanol–water partition coefficient (Wildman–Crippen LogP) is 1.60. The Morgan fingerprint density at radius 1 is 1.33 bits per heavy atom. The maximum atomic E-state index is 11.9. The number of rotatable bonds is 3. The number of anilines is 1. The minimum Gasteiger partial charge on any atom is -0.360 e. The van der Waals surface area contributed by atoms with Crippen molar-refractivity contribution in [1.29, 1.82) is 0 Å². The second-order valence-corrected chi connectivity index (χ2v) is 4.53. The zero-order valence-corrected chi connectivity index (χ0v) is 10.6. The van der Waals surface area contributed by atoms with Crippen molar-refractivity contribution >= 4 is 17.9 Å². The molecule has 0 aliphatic carbocycles. The lowest BCUT2D eigenvalue weighted by atomic mass is 10.00. The highest BCUT2D eigenvalue weighted by molar-refractivity contribution is 5.85. The Morgan fingerprint density at radius 2 is 2.06 bits per heavy atom. The molecule has 0 bridgehead atoms. The fraction of sp³-hybridized carbons (Fsp3) is 0.429. The Kier molecular flexibility index (Phi) is 3.97. The van der Waals surface area contributed by atoms with Gasteiger partial charge < -0.3 is 10.2 Å². The summed E-state index contributed by atoms with van der Waals surface area (Å²) in [5, 5.41) is 2.72. The molecule has 1 aromatic carbocycles. The monoisotopic (exact) mass is 246 g/mol. The van der Waals surface area contributed by atoms with E-state index in [1.165, 1.54) is 0 Å². The van der Waals surface area contributed by atoms with Crippen LogP contribution in [0, 0.1) is 0 Å². The maximum Gasteiger partial charge on any atom is 0.242 e. The van der Waals surface area contributed by atoms with E-state index in [1.807, 2.05) is 12.1 Å². The van der Waals surface area contributed by atoms with Gasteiger partial charge in [-0.2, -0.15) is 0 Å². The number of likely N-dealkylation sites (N-methyl/N-ethyl adjacent to an activating group) is 1. The van der Waals surface area contributed by atoms with E-state index < -0.39 is 0 Å². The summed E-state index contributed by atoms with van der Waals surface area (Å²) in [5.41, 5.74) is 1.67. The second kappa shape index (κ2) is 5.67. The van der Waals surface area contributed by atoms with Crippen LogP contribution < -0.4 is 10.2 Å². The largest absolute Gasteiger partial charge is 0.360 e. The third-order valence-corrected chi connectivity index (χ3v) is 3.41. The van der Waals surface area contributed by atoms with E-state index >= 15 is 0 Å². The van der Waals surface area contributed by atoms with Crippen molar-refractivity contribution in [2.24, 2.45) is 0 Å².